The van der Waals surface area contributed by atoms with Gasteiger partial charge in [0.05, 0.1) is 18.0 Å². The number of sulfonamides is 1. The number of anilines is 1. The summed E-state index contributed by atoms with van der Waals surface area (Å²) in [7, 11) is -5.62. The first-order chi connectivity index (χ1) is 18.7. The van der Waals surface area contributed by atoms with Crippen LogP contribution in [0.5, 0.6) is 5.75 Å². The van der Waals surface area contributed by atoms with Gasteiger partial charge in [-0.1, -0.05) is 45.0 Å². The van der Waals surface area contributed by atoms with E-state index in [4.69, 9.17) is 9.16 Å². The zero-order chi connectivity index (χ0) is 28.0. The lowest BCUT2D eigenvalue weighted by molar-refractivity contribution is 0.183. The molecule has 0 bridgehead atoms. The SMILES string of the molecule is CC[Si](CC)(CC)OC(CNCCOc1ccc2c(c1)sc1ccccc12)c1ccc(F)c(NS(C)(=O)=O)c1. The number of fused-ring (bicyclic) bond motifs is 3. The predicted octanol–water partition coefficient (Wildman–Crippen LogP) is 7.30. The third kappa shape index (κ3) is 7.37. The van der Waals surface area contributed by atoms with Crippen molar-refractivity contribution in [2.45, 2.75) is 45.0 Å². The molecule has 6 nitrogen and oxygen atoms in total. The number of rotatable bonds is 14. The van der Waals surface area contributed by atoms with E-state index in [1.807, 2.05) is 6.07 Å². The van der Waals surface area contributed by atoms with Crippen LogP contribution in [0.1, 0.15) is 32.4 Å². The molecule has 0 aliphatic heterocycles. The predicted molar refractivity (Wildman–Crippen MR) is 164 cm³/mol. The van der Waals surface area contributed by atoms with E-state index in [0.29, 0.717) is 19.7 Å². The minimum atomic E-state index is -3.62. The molecule has 0 amide bonds. The zero-order valence-electron chi connectivity index (χ0n) is 22.9. The molecule has 0 fully saturated rings. The van der Waals surface area contributed by atoms with Crippen molar-refractivity contribution in [2.24, 2.45) is 0 Å². The Kier molecular flexibility index (Phi) is 9.66. The topological polar surface area (TPSA) is 76.7 Å². The minimum Gasteiger partial charge on any atom is -0.492 e. The summed E-state index contributed by atoms with van der Waals surface area (Å²) in [5, 5.41) is 5.93. The molecule has 10 heteroatoms. The molecular formula is C29H37FN2O4S2Si. The Labute approximate surface area is 235 Å². The number of thiophene rings is 1. The normalized spacial score (nSPS) is 13.2. The lowest BCUT2D eigenvalue weighted by atomic mass is 10.1. The molecule has 4 aromatic rings. The van der Waals surface area contributed by atoms with Gasteiger partial charge >= 0.3 is 0 Å². The number of hydrogen-bond acceptors (Lipinski definition) is 6. The summed E-state index contributed by atoms with van der Waals surface area (Å²) in [5.41, 5.74) is 0.665. The fourth-order valence-electron chi connectivity index (χ4n) is 4.82. The highest BCUT2D eigenvalue weighted by Crippen LogP contribution is 2.36. The van der Waals surface area contributed by atoms with Gasteiger partial charge in [0.15, 0.2) is 8.32 Å². The second kappa shape index (κ2) is 12.8. The molecule has 1 unspecified atom stereocenters. The van der Waals surface area contributed by atoms with Crippen LogP contribution in [0.2, 0.25) is 18.1 Å². The van der Waals surface area contributed by atoms with E-state index in [1.54, 1.807) is 23.5 Å². The second-order valence-electron chi connectivity index (χ2n) is 9.77. The maximum atomic E-state index is 14.4. The maximum absolute atomic E-state index is 14.4. The van der Waals surface area contributed by atoms with E-state index >= 15 is 0 Å². The molecule has 210 valence electrons. The third-order valence-corrected chi connectivity index (χ3v) is 13.6. The van der Waals surface area contributed by atoms with Crippen molar-refractivity contribution in [2.75, 3.05) is 30.7 Å². The monoisotopic (exact) mass is 588 g/mol. The number of nitrogens with one attached hydrogen (secondary N) is 2. The van der Waals surface area contributed by atoms with Crippen LogP contribution in [-0.4, -0.2) is 42.7 Å². The van der Waals surface area contributed by atoms with Gasteiger partial charge < -0.3 is 14.5 Å². The first-order valence-corrected chi connectivity index (χ1v) is 18.6. The summed E-state index contributed by atoms with van der Waals surface area (Å²) < 4.78 is 55.4. The molecule has 0 saturated heterocycles. The Balaban J connectivity index is 1.43. The Hall–Kier alpha value is -2.50. The first kappa shape index (κ1) is 29.5. The van der Waals surface area contributed by atoms with Crippen molar-refractivity contribution in [1.29, 1.82) is 0 Å². The molecule has 4 rings (SSSR count). The van der Waals surface area contributed by atoms with Gasteiger partial charge in [-0.15, -0.1) is 11.3 Å². The molecule has 2 N–H and O–H groups in total. The van der Waals surface area contributed by atoms with Gasteiger partial charge in [-0.05, 0) is 60.1 Å². The molecule has 0 aliphatic carbocycles. The maximum Gasteiger partial charge on any atom is 0.229 e. The third-order valence-electron chi connectivity index (χ3n) is 7.21. The van der Waals surface area contributed by atoms with Crippen LogP contribution in [0.3, 0.4) is 0 Å². The number of hydrogen-bond donors (Lipinski definition) is 2. The highest BCUT2D eigenvalue weighted by molar-refractivity contribution is 7.92. The summed E-state index contributed by atoms with van der Waals surface area (Å²) in [4.78, 5) is 0. The molecule has 0 spiro atoms. The van der Waals surface area contributed by atoms with Crippen LogP contribution in [0.4, 0.5) is 10.1 Å². The number of halogens is 1. The van der Waals surface area contributed by atoms with Gasteiger partial charge in [0.25, 0.3) is 0 Å². The fraction of sp³-hybridized carbons (Fsp3) is 0.379. The van der Waals surface area contributed by atoms with Gasteiger partial charge in [0.1, 0.15) is 18.2 Å². The van der Waals surface area contributed by atoms with Crippen molar-refractivity contribution >= 4 is 55.5 Å². The van der Waals surface area contributed by atoms with Gasteiger partial charge in [-0.3, -0.25) is 4.72 Å². The van der Waals surface area contributed by atoms with E-state index in [-0.39, 0.29) is 11.8 Å². The van der Waals surface area contributed by atoms with Crippen molar-refractivity contribution in [3.63, 3.8) is 0 Å². The highest BCUT2D eigenvalue weighted by Gasteiger charge is 2.32. The molecule has 0 aliphatic rings. The van der Waals surface area contributed by atoms with E-state index in [0.717, 1.165) is 35.7 Å². The van der Waals surface area contributed by atoms with E-state index < -0.39 is 24.2 Å². The lowest BCUT2D eigenvalue weighted by Gasteiger charge is -2.34. The van der Waals surface area contributed by atoms with Crippen molar-refractivity contribution < 1.29 is 22.0 Å². The summed E-state index contributed by atoms with van der Waals surface area (Å²) in [6.07, 6.45) is 0.670. The average molecular weight is 589 g/mol. The number of ether oxygens (including phenoxy) is 1. The molecule has 3 aromatic carbocycles. The largest absolute Gasteiger partial charge is 0.492 e. The Morgan fingerprint density at radius 1 is 0.949 bits per heavy atom. The molecule has 0 radical (unpaired) electrons. The lowest BCUT2D eigenvalue weighted by Crippen LogP contribution is -2.40. The first-order valence-electron chi connectivity index (χ1n) is 13.4. The summed E-state index contributed by atoms with van der Waals surface area (Å²) in [6.45, 7) is 8.05. The van der Waals surface area contributed by atoms with Crippen LogP contribution < -0.4 is 14.8 Å². The van der Waals surface area contributed by atoms with Crippen LogP contribution in [-0.2, 0) is 14.4 Å². The molecule has 1 heterocycles. The van der Waals surface area contributed by atoms with Gasteiger partial charge in [0.2, 0.25) is 10.0 Å². The standard InChI is InChI=1S/C29H37FN2O4S2Si/c1-5-39(6-2,7-3)36-27(21-12-15-25(30)26(18-21)32-38(4,33)34)20-31-16-17-35-22-13-14-24-23-10-8-9-11-28(23)37-29(24)19-22/h8-15,18-19,27,31-32H,5-7,16-17,20H2,1-4H3. The Bertz CT molecular complexity index is 1510. The van der Waals surface area contributed by atoms with Gasteiger partial charge in [-0.25, -0.2) is 12.8 Å². The second-order valence-corrected chi connectivity index (χ2v) is 17.3. The van der Waals surface area contributed by atoms with E-state index in [1.165, 1.54) is 26.2 Å². The van der Waals surface area contributed by atoms with Crippen molar-refractivity contribution in [3.8, 4) is 5.75 Å². The van der Waals surface area contributed by atoms with Gasteiger partial charge in [0, 0.05) is 33.3 Å². The van der Waals surface area contributed by atoms with Crippen molar-refractivity contribution in [3.05, 3.63) is 72.0 Å². The zero-order valence-corrected chi connectivity index (χ0v) is 25.6. The fourth-order valence-corrected chi connectivity index (χ4v) is 9.33. The smallest absolute Gasteiger partial charge is 0.229 e. The summed E-state index contributed by atoms with van der Waals surface area (Å²) >= 11 is 1.76. The van der Waals surface area contributed by atoms with Crippen LogP contribution in [0, 0.1) is 5.82 Å². The molecule has 39 heavy (non-hydrogen) atoms. The van der Waals surface area contributed by atoms with Crippen LogP contribution in [0.15, 0.2) is 60.7 Å². The quantitative estimate of drug-likeness (QED) is 0.119. The summed E-state index contributed by atoms with van der Waals surface area (Å²) in [6, 6.07) is 22.0. The molecule has 1 atom stereocenters. The van der Waals surface area contributed by atoms with Crippen molar-refractivity contribution in [1.82, 2.24) is 5.32 Å². The Morgan fingerprint density at radius 3 is 2.38 bits per heavy atom. The van der Waals surface area contributed by atoms with Crippen LogP contribution in [0.25, 0.3) is 20.2 Å². The highest BCUT2D eigenvalue weighted by atomic mass is 32.2. The van der Waals surface area contributed by atoms with Gasteiger partial charge in [-0.2, -0.15) is 0 Å². The van der Waals surface area contributed by atoms with E-state index in [2.05, 4.69) is 67.2 Å². The Morgan fingerprint density at radius 2 is 1.67 bits per heavy atom. The minimum absolute atomic E-state index is 0.0691. The van der Waals surface area contributed by atoms with Crippen LogP contribution >= 0.6 is 11.3 Å². The van der Waals surface area contributed by atoms with E-state index in [9.17, 15) is 12.8 Å². The summed E-state index contributed by atoms with van der Waals surface area (Å²) in [5.74, 6) is 0.206. The molecule has 0 saturated carbocycles. The molecular weight excluding hydrogens is 552 g/mol. The average Bonchev–Trinajstić information content (AvgIpc) is 3.29. The number of benzene rings is 3. The molecule has 1 aromatic heterocycles.